The van der Waals surface area contributed by atoms with Crippen molar-refractivity contribution in [3.05, 3.63) is 59.7 Å². The second-order valence-corrected chi connectivity index (χ2v) is 9.74. The normalized spacial score (nSPS) is 21.2. The van der Waals surface area contributed by atoms with Crippen LogP contribution in [0, 0.1) is 5.92 Å². The van der Waals surface area contributed by atoms with Crippen LogP contribution in [0.5, 0.6) is 5.75 Å². The molecule has 0 radical (unpaired) electrons. The van der Waals surface area contributed by atoms with E-state index in [9.17, 15) is 8.42 Å². The maximum absolute atomic E-state index is 12.9. The molecule has 1 atom stereocenters. The Morgan fingerprint density at radius 2 is 1.89 bits per heavy atom. The van der Waals surface area contributed by atoms with Crippen LogP contribution in [0.2, 0.25) is 0 Å². The minimum Gasteiger partial charge on any atom is -0.497 e. The highest BCUT2D eigenvalue weighted by Crippen LogP contribution is 2.27. The van der Waals surface area contributed by atoms with Crippen LogP contribution in [0.15, 0.2) is 53.4 Å². The van der Waals surface area contributed by atoms with Crippen molar-refractivity contribution in [1.29, 1.82) is 0 Å². The quantitative estimate of drug-likeness (QED) is 0.774. The number of sulfonamides is 1. The highest BCUT2D eigenvalue weighted by Gasteiger charge is 2.31. The molecule has 0 spiro atoms. The van der Waals surface area contributed by atoms with Gasteiger partial charge in [0.1, 0.15) is 5.75 Å². The van der Waals surface area contributed by atoms with Crippen molar-refractivity contribution >= 4 is 10.0 Å². The third kappa shape index (κ3) is 4.09. The van der Waals surface area contributed by atoms with Gasteiger partial charge in [-0.1, -0.05) is 24.3 Å². The summed E-state index contributed by atoms with van der Waals surface area (Å²) in [6, 6.07) is 15.1. The lowest BCUT2D eigenvalue weighted by atomic mass is 9.95. The first-order valence-electron chi connectivity index (χ1n) is 9.99. The summed E-state index contributed by atoms with van der Waals surface area (Å²) in [7, 11) is -1.69. The Bertz CT molecular complexity index is 915. The summed E-state index contributed by atoms with van der Waals surface area (Å²) >= 11 is 0. The molecule has 1 saturated heterocycles. The van der Waals surface area contributed by atoms with Gasteiger partial charge >= 0.3 is 0 Å². The van der Waals surface area contributed by atoms with Crippen LogP contribution in [0.3, 0.4) is 0 Å². The van der Waals surface area contributed by atoms with Crippen molar-refractivity contribution < 1.29 is 13.2 Å². The summed E-state index contributed by atoms with van der Waals surface area (Å²) < 4.78 is 32.9. The van der Waals surface area contributed by atoms with Gasteiger partial charge in [0.25, 0.3) is 0 Å². The van der Waals surface area contributed by atoms with Crippen molar-refractivity contribution in [1.82, 2.24) is 9.21 Å². The molecule has 0 saturated carbocycles. The van der Waals surface area contributed by atoms with E-state index in [1.54, 1.807) is 35.7 Å². The van der Waals surface area contributed by atoms with Crippen LogP contribution in [-0.4, -0.2) is 50.9 Å². The van der Waals surface area contributed by atoms with Crippen molar-refractivity contribution in [3.8, 4) is 5.75 Å². The fourth-order valence-corrected chi connectivity index (χ4v) is 5.95. The Balaban J connectivity index is 1.40. The molecule has 2 aromatic rings. The summed E-state index contributed by atoms with van der Waals surface area (Å²) in [5, 5.41) is 0. The molecular weight excluding hydrogens is 372 g/mol. The smallest absolute Gasteiger partial charge is 0.243 e. The topological polar surface area (TPSA) is 49.9 Å². The maximum Gasteiger partial charge on any atom is 0.243 e. The molecule has 2 aromatic carbocycles. The Hall–Kier alpha value is -1.89. The van der Waals surface area contributed by atoms with E-state index in [-0.39, 0.29) is 0 Å². The molecule has 0 aromatic heterocycles. The average molecular weight is 401 g/mol. The molecule has 1 unspecified atom stereocenters. The van der Waals surface area contributed by atoms with Crippen LogP contribution in [0.1, 0.15) is 24.0 Å². The van der Waals surface area contributed by atoms with Gasteiger partial charge < -0.3 is 4.74 Å². The highest BCUT2D eigenvalue weighted by molar-refractivity contribution is 7.89. The van der Waals surface area contributed by atoms with Crippen molar-refractivity contribution in [3.63, 3.8) is 0 Å². The number of hydrogen-bond donors (Lipinski definition) is 0. The number of methoxy groups -OCH3 is 1. The average Bonchev–Trinajstić information content (AvgIpc) is 2.74. The van der Waals surface area contributed by atoms with Gasteiger partial charge in [-0.15, -0.1) is 0 Å². The predicted molar refractivity (Wildman–Crippen MR) is 110 cm³/mol. The second-order valence-electron chi connectivity index (χ2n) is 7.80. The van der Waals surface area contributed by atoms with E-state index < -0.39 is 10.0 Å². The molecule has 5 nitrogen and oxygen atoms in total. The molecule has 4 rings (SSSR count). The minimum absolute atomic E-state index is 0.382. The van der Waals surface area contributed by atoms with Crippen LogP contribution in [-0.2, 0) is 23.0 Å². The van der Waals surface area contributed by atoms with Crippen LogP contribution in [0.25, 0.3) is 0 Å². The van der Waals surface area contributed by atoms with Crippen molar-refractivity contribution in [2.24, 2.45) is 5.92 Å². The van der Waals surface area contributed by atoms with Gasteiger partial charge in [0, 0.05) is 32.7 Å². The van der Waals surface area contributed by atoms with E-state index in [2.05, 4.69) is 17.0 Å². The summed E-state index contributed by atoms with van der Waals surface area (Å²) in [4.78, 5) is 2.87. The SMILES string of the molecule is COc1ccc2c(c1)CCN(CC1CCCN(S(=O)(=O)c3ccccc3)C1)C2. The number of nitrogens with zero attached hydrogens (tertiary/aromatic N) is 2. The molecule has 28 heavy (non-hydrogen) atoms. The maximum atomic E-state index is 12.9. The van der Waals surface area contributed by atoms with E-state index >= 15 is 0 Å². The first-order valence-corrected chi connectivity index (χ1v) is 11.4. The van der Waals surface area contributed by atoms with E-state index in [4.69, 9.17) is 4.74 Å². The standard InChI is InChI=1S/C22H28N2O3S/c1-27-21-10-9-20-17-23(13-11-19(20)14-21)15-18-6-5-12-24(16-18)28(25,26)22-7-3-2-4-8-22/h2-4,7-10,14,18H,5-6,11-13,15-17H2,1H3. The Morgan fingerprint density at radius 1 is 1.07 bits per heavy atom. The number of ether oxygens (including phenoxy) is 1. The minimum atomic E-state index is -3.39. The van der Waals surface area contributed by atoms with Crippen LogP contribution >= 0.6 is 0 Å². The van der Waals surface area contributed by atoms with Gasteiger partial charge in [-0.25, -0.2) is 8.42 Å². The molecule has 2 aliphatic heterocycles. The van der Waals surface area contributed by atoms with Crippen LogP contribution < -0.4 is 4.74 Å². The zero-order chi connectivity index (χ0) is 19.6. The largest absolute Gasteiger partial charge is 0.497 e. The Labute approximate surface area is 168 Å². The fourth-order valence-electron chi connectivity index (χ4n) is 4.37. The van der Waals surface area contributed by atoms with Gasteiger partial charge in [-0.2, -0.15) is 4.31 Å². The molecule has 150 valence electrons. The zero-order valence-corrected chi connectivity index (χ0v) is 17.2. The molecule has 2 aliphatic rings. The van der Waals surface area contributed by atoms with Gasteiger partial charge in [-0.05, 0) is 60.6 Å². The lowest BCUT2D eigenvalue weighted by Crippen LogP contribution is -2.44. The third-order valence-electron chi connectivity index (χ3n) is 5.88. The monoisotopic (exact) mass is 400 g/mol. The lowest BCUT2D eigenvalue weighted by molar-refractivity contribution is 0.167. The Morgan fingerprint density at radius 3 is 2.68 bits per heavy atom. The van der Waals surface area contributed by atoms with E-state index in [1.807, 2.05) is 12.1 Å². The Kier molecular flexibility index (Phi) is 5.71. The molecule has 0 bridgehead atoms. The number of rotatable bonds is 5. The highest BCUT2D eigenvalue weighted by atomic mass is 32.2. The molecule has 6 heteroatoms. The van der Waals surface area contributed by atoms with Gasteiger partial charge in [0.2, 0.25) is 10.0 Å². The number of hydrogen-bond acceptors (Lipinski definition) is 4. The van der Waals surface area contributed by atoms with E-state index in [0.29, 0.717) is 23.9 Å². The van der Waals surface area contributed by atoms with Crippen molar-refractivity contribution in [2.45, 2.75) is 30.7 Å². The van der Waals surface area contributed by atoms with Crippen molar-refractivity contribution in [2.75, 3.05) is 33.3 Å². The van der Waals surface area contributed by atoms with E-state index in [0.717, 1.165) is 44.6 Å². The molecule has 1 fully saturated rings. The van der Waals surface area contributed by atoms with Gasteiger partial charge in [-0.3, -0.25) is 4.90 Å². The molecule has 0 aliphatic carbocycles. The first-order chi connectivity index (χ1) is 13.6. The van der Waals surface area contributed by atoms with Gasteiger partial charge in [0.05, 0.1) is 12.0 Å². The van der Waals surface area contributed by atoms with E-state index in [1.165, 1.54) is 11.1 Å². The lowest BCUT2D eigenvalue weighted by Gasteiger charge is -2.36. The fraction of sp³-hybridized carbons (Fsp3) is 0.455. The molecular formula is C22H28N2O3S. The summed E-state index contributed by atoms with van der Waals surface area (Å²) in [5.74, 6) is 1.30. The number of piperidine rings is 1. The summed E-state index contributed by atoms with van der Waals surface area (Å²) in [5.41, 5.74) is 2.73. The third-order valence-corrected chi connectivity index (χ3v) is 7.76. The van der Waals surface area contributed by atoms with Crippen LogP contribution in [0.4, 0.5) is 0 Å². The summed E-state index contributed by atoms with van der Waals surface area (Å²) in [6.45, 7) is 4.13. The zero-order valence-electron chi connectivity index (χ0n) is 16.4. The summed E-state index contributed by atoms with van der Waals surface area (Å²) in [6.07, 6.45) is 3.04. The first kappa shape index (κ1) is 19.4. The molecule has 0 N–H and O–H groups in total. The second kappa shape index (κ2) is 8.23. The number of benzene rings is 2. The molecule has 2 heterocycles. The van der Waals surface area contributed by atoms with Gasteiger partial charge in [0.15, 0.2) is 0 Å². The predicted octanol–water partition coefficient (Wildman–Crippen LogP) is 3.15. The number of fused-ring (bicyclic) bond motifs is 1. The molecule has 0 amide bonds.